The molecular weight excluding hydrogens is 212 g/mol. The molecule has 0 aliphatic heterocycles. The highest BCUT2D eigenvalue weighted by molar-refractivity contribution is 5.92. The molecule has 0 aromatic heterocycles. The van der Waals surface area contributed by atoms with Crippen molar-refractivity contribution in [1.82, 2.24) is 0 Å². The van der Waals surface area contributed by atoms with Gasteiger partial charge in [0, 0.05) is 17.7 Å². The lowest BCUT2D eigenvalue weighted by atomic mass is 10.2. The molecule has 0 fully saturated rings. The standard InChI is InChI=1S/C7H6N2O3.ClH.H2O/c8-7(10)5-1-3-6(4-2-5)9(11)12;;/h1-4H,(H2,8,10);1H;1H2. The number of nitrogens with zero attached hydrogens (tertiary/aromatic N) is 1. The molecule has 0 saturated heterocycles. The van der Waals surface area contributed by atoms with Crippen molar-refractivity contribution in [3.63, 3.8) is 0 Å². The molecule has 0 unspecified atom stereocenters. The minimum atomic E-state index is -0.593. The van der Waals surface area contributed by atoms with Gasteiger partial charge in [0.15, 0.2) is 0 Å². The van der Waals surface area contributed by atoms with Crippen molar-refractivity contribution in [3.8, 4) is 0 Å². The highest BCUT2D eigenvalue weighted by Gasteiger charge is 2.05. The summed E-state index contributed by atoms with van der Waals surface area (Å²) in [5.74, 6) is -0.593. The van der Waals surface area contributed by atoms with Gasteiger partial charge in [0.05, 0.1) is 4.92 Å². The van der Waals surface area contributed by atoms with Crippen LogP contribution < -0.4 is 5.73 Å². The van der Waals surface area contributed by atoms with Crippen LogP contribution in [0.5, 0.6) is 0 Å². The Labute approximate surface area is 85.6 Å². The Morgan fingerprint density at radius 3 is 2.00 bits per heavy atom. The van der Waals surface area contributed by atoms with Crippen LogP contribution in [0.1, 0.15) is 10.4 Å². The molecule has 0 aliphatic rings. The van der Waals surface area contributed by atoms with Crippen LogP contribution in [0.2, 0.25) is 0 Å². The molecule has 14 heavy (non-hydrogen) atoms. The highest BCUT2D eigenvalue weighted by Crippen LogP contribution is 2.10. The van der Waals surface area contributed by atoms with E-state index in [4.69, 9.17) is 5.73 Å². The molecule has 1 rings (SSSR count). The van der Waals surface area contributed by atoms with E-state index in [1.165, 1.54) is 24.3 Å². The third-order valence-electron chi connectivity index (χ3n) is 1.36. The summed E-state index contributed by atoms with van der Waals surface area (Å²) >= 11 is 0. The van der Waals surface area contributed by atoms with Crippen molar-refractivity contribution in [2.45, 2.75) is 0 Å². The zero-order valence-electron chi connectivity index (χ0n) is 6.97. The number of benzene rings is 1. The predicted molar refractivity (Wildman–Crippen MR) is 52.5 cm³/mol. The second kappa shape index (κ2) is 5.90. The van der Waals surface area contributed by atoms with E-state index in [0.29, 0.717) is 0 Å². The second-order valence-electron chi connectivity index (χ2n) is 2.17. The lowest BCUT2D eigenvalue weighted by Crippen LogP contribution is -2.10. The topological polar surface area (TPSA) is 118 Å². The first-order chi connectivity index (χ1) is 5.61. The van der Waals surface area contributed by atoms with E-state index in [1.807, 2.05) is 0 Å². The number of primary amides is 1. The molecule has 7 heteroatoms. The Kier molecular flexibility index (Phi) is 6.25. The SMILES string of the molecule is Cl.NC(=O)c1ccc([N+](=O)[O-])cc1.O. The second-order valence-corrected chi connectivity index (χ2v) is 2.17. The average molecular weight is 221 g/mol. The van der Waals surface area contributed by atoms with Crippen LogP contribution in [-0.4, -0.2) is 16.3 Å². The van der Waals surface area contributed by atoms with Crippen LogP contribution in [0.4, 0.5) is 5.69 Å². The number of rotatable bonds is 2. The monoisotopic (exact) mass is 220 g/mol. The summed E-state index contributed by atoms with van der Waals surface area (Å²) in [6.45, 7) is 0. The summed E-state index contributed by atoms with van der Waals surface area (Å²) in [5.41, 5.74) is 5.14. The van der Waals surface area contributed by atoms with Crippen LogP contribution in [0.3, 0.4) is 0 Å². The predicted octanol–water partition coefficient (Wildman–Crippen LogP) is 0.291. The number of nitro benzene ring substituents is 1. The maximum atomic E-state index is 10.5. The number of halogens is 1. The van der Waals surface area contributed by atoms with Crippen molar-refractivity contribution in [2.75, 3.05) is 0 Å². The van der Waals surface area contributed by atoms with E-state index >= 15 is 0 Å². The van der Waals surface area contributed by atoms with Gasteiger partial charge in [0.25, 0.3) is 5.69 Å². The molecule has 0 aliphatic carbocycles. The number of hydrogen-bond donors (Lipinski definition) is 1. The van der Waals surface area contributed by atoms with E-state index in [0.717, 1.165) is 0 Å². The minimum absolute atomic E-state index is 0. The lowest BCUT2D eigenvalue weighted by molar-refractivity contribution is -0.384. The summed E-state index contributed by atoms with van der Waals surface area (Å²) < 4.78 is 0. The molecule has 4 N–H and O–H groups in total. The molecule has 0 saturated carbocycles. The molecular formula is C7H9ClN2O4. The summed E-state index contributed by atoms with van der Waals surface area (Å²) in [7, 11) is 0. The van der Waals surface area contributed by atoms with E-state index in [9.17, 15) is 14.9 Å². The van der Waals surface area contributed by atoms with Crippen LogP contribution in [0.15, 0.2) is 24.3 Å². The van der Waals surface area contributed by atoms with Crippen LogP contribution >= 0.6 is 12.4 Å². The zero-order valence-corrected chi connectivity index (χ0v) is 7.78. The van der Waals surface area contributed by atoms with Gasteiger partial charge in [0.1, 0.15) is 0 Å². The van der Waals surface area contributed by atoms with Crippen molar-refractivity contribution >= 4 is 24.0 Å². The van der Waals surface area contributed by atoms with Gasteiger partial charge in [-0.3, -0.25) is 14.9 Å². The molecule has 0 atom stereocenters. The molecule has 6 nitrogen and oxygen atoms in total. The fourth-order valence-electron chi connectivity index (χ4n) is 0.747. The Balaban J connectivity index is 0. The van der Waals surface area contributed by atoms with Gasteiger partial charge in [-0.05, 0) is 12.1 Å². The van der Waals surface area contributed by atoms with E-state index in [-0.39, 0.29) is 29.1 Å². The van der Waals surface area contributed by atoms with Crippen LogP contribution in [0.25, 0.3) is 0 Å². The third kappa shape index (κ3) is 3.38. The smallest absolute Gasteiger partial charge is 0.269 e. The molecule has 1 amide bonds. The number of nitrogens with two attached hydrogens (primary N) is 1. The molecule has 1 aromatic rings. The van der Waals surface area contributed by atoms with E-state index in [1.54, 1.807) is 0 Å². The maximum absolute atomic E-state index is 10.5. The number of amides is 1. The van der Waals surface area contributed by atoms with Crippen molar-refractivity contribution in [2.24, 2.45) is 5.73 Å². The normalized spacial score (nSPS) is 8.00. The molecule has 78 valence electrons. The molecule has 0 bridgehead atoms. The first-order valence-electron chi connectivity index (χ1n) is 3.15. The summed E-state index contributed by atoms with van der Waals surface area (Å²) in [6, 6.07) is 5.11. The molecule has 0 heterocycles. The minimum Gasteiger partial charge on any atom is -0.412 e. The van der Waals surface area contributed by atoms with Gasteiger partial charge in [-0.2, -0.15) is 0 Å². The van der Waals surface area contributed by atoms with Gasteiger partial charge in [-0.25, -0.2) is 0 Å². The van der Waals surface area contributed by atoms with Crippen LogP contribution in [0, 0.1) is 10.1 Å². The van der Waals surface area contributed by atoms with Crippen molar-refractivity contribution in [3.05, 3.63) is 39.9 Å². The number of hydrogen-bond acceptors (Lipinski definition) is 3. The summed E-state index contributed by atoms with van der Waals surface area (Å²) in [5, 5.41) is 10.2. The quantitative estimate of drug-likeness (QED) is 0.570. The fourth-order valence-corrected chi connectivity index (χ4v) is 0.747. The largest absolute Gasteiger partial charge is 0.412 e. The first-order valence-corrected chi connectivity index (χ1v) is 3.15. The van der Waals surface area contributed by atoms with Gasteiger partial charge in [-0.15, -0.1) is 12.4 Å². The maximum Gasteiger partial charge on any atom is 0.269 e. The lowest BCUT2D eigenvalue weighted by Gasteiger charge is -1.93. The number of carbonyl (C=O) groups is 1. The van der Waals surface area contributed by atoms with Gasteiger partial charge >= 0.3 is 0 Å². The molecule has 0 radical (unpaired) electrons. The van der Waals surface area contributed by atoms with Gasteiger partial charge in [0.2, 0.25) is 5.91 Å². The Morgan fingerprint density at radius 1 is 1.29 bits per heavy atom. The van der Waals surface area contributed by atoms with E-state index < -0.39 is 10.8 Å². The number of carbonyl (C=O) groups excluding carboxylic acids is 1. The Bertz CT molecular complexity index is 292. The zero-order chi connectivity index (χ0) is 9.14. The fraction of sp³-hybridized carbons (Fsp3) is 0. The summed E-state index contributed by atoms with van der Waals surface area (Å²) in [4.78, 5) is 20.2. The highest BCUT2D eigenvalue weighted by atomic mass is 35.5. The summed E-state index contributed by atoms with van der Waals surface area (Å²) in [6.07, 6.45) is 0. The Morgan fingerprint density at radius 2 is 1.71 bits per heavy atom. The van der Waals surface area contributed by atoms with Crippen molar-refractivity contribution in [1.29, 1.82) is 0 Å². The average Bonchev–Trinajstić information content (AvgIpc) is 2.04. The first kappa shape index (κ1) is 14.8. The van der Waals surface area contributed by atoms with Gasteiger partial charge in [-0.1, -0.05) is 0 Å². The van der Waals surface area contributed by atoms with Gasteiger partial charge < -0.3 is 11.2 Å². The number of non-ortho nitro benzene ring substituents is 1. The Hall–Kier alpha value is -1.66. The molecule has 0 spiro atoms. The number of nitro groups is 1. The molecule has 1 aromatic carbocycles. The third-order valence-corrected chi connectivity index (χ3v) is 1.36. The van der Waals surface area contributed by atoms with E-state index in [2.05, 4.69) is 0 Å². The van der Waals surface area contributed by atoms with Crippen LogP contribution in [-0.2, 0) is 0 Å². The van der Waals surface area contributed by atoms with Crippen molar-refractivity contribution < 1.29 is 15.2 Å².